The Labute approximate surface area is 67.6 Å². The minimum absolute atomic E-state index is 0.157. The van der Waals surface area contributed by atoms with Gasteiger partial charge >= 0.3 is 0 Å². The lowest BCUT2D eigenvalue weighted by atomic mass is 11.0. The largest absolute Gasteiger partial charge is 0.438 e. The summed E-state index contributed by atoms with van der Waals surface area (Å²) in [5.74, 6) is 0. The van der Waals surface area contributed by atoms with E-state index in [0.29, 0.717) is 0 Å². The van der Waals surface area contributed by atoms with Crippen LogP contribution in [-0.4, -0.2) is 0 Å². The van der Waals surface area contributed by atoms with Crippen LogP contribution in [0.2, 0.25) is 0 Å². The van der Waals surface area contributed by atoms with E-state index in [9.17, 15) is 8.78 Å². The van der Waals surface area contributed by atoms with Crippen molar-refractivity contribution >= 4 is 31.9 Å². The van der Waals surface area contributed by atoms with Gasteiger partial charge in [-0.3, -0.25) is 0 Å². The van der Waals surface area contributed by atoms with Crippen molar-refractivity contribution in [2.75, 3.05) is 0 Å². The van der Waals surface area contributed by atoms with Gasteiger partial charge in [0.2, 0.25) is 0 Å². The first kappa shape index (κ1) is 9.10. The zero-order chi connectivity index (χ0) is 7.28. The van der Waals surface area contributed by atoms with Crippen molar-refractivity contribution in [3.8, 4) is 0 Å². The fraction of sp³-hybridized carbons (Fsp3) is 0. The minimum Gasteiger partial charge on any atom is -0.438 e. The number of ether oxygens (including phenoxy) is 1. The molecule has 0 aromatic carbocycles. The lowest BCUT2D eigenvalue weighted by Gasteiger charge is -1.96. The van der Waals surface area contributed by atoms with Gasteiger partial charge in [-0.25, -0.2) is 8.78 Å². The van der Waals surface area contributed by atoms with Crippen LogP contribution in [0, 0.1) is 0 Å². The molecule has 0 unspecified atom stereocenters. The van der Waals surface area contributed by atoms with Crippen LogP contribution < -0.4 is 0 Å². The van der Waals surface area contributed by atoms with Gasteiger partial charge in [0.15, 0.2) is 9.34 Å². The zero-order valence-corrected chi connectivity index (χ0v) is 7.25. The highest BCUT2D eigenvalue weighted by Gasteiger charge is 1.94. The molecule has 0 radical (unpaired) electrons. The second-order valence-electron chi connectivity index (χ2n) is 0.929. The first-order valence-corrected chi connectivity index (χ1v) is 3.39. The highest BCUT2D eigenvalue weighted by molar-refractivity contribution is 9.12. The van der Waals surface area contributed by atoms with Crippen molar-refractivity contribution in [1.29, 1.82) is 0 Å². The molecule has 0 heterocycles. The number of rotatable bonds is 2. The molecule has 0 aliphatic carbocycles. The van der Waals surface area contributed by atoms with Crippen LogP contribution in [0.15, 0.2) is 22.0 Å². The molecule has 0 amide bonds. The van der Waals surface area contributed by atoms with Gasteiger partial charge in [-0.15, -0.1) is 0 Å². The molecule has 0 spiro atoms. The first-order chi connectivity index (χ1) is 4.20. The van der Waals surface area contributed by atoms with Gasteiger partial charge in [-0.05, 0) is 31.9 Å². The average molecular weight is 264 g/mol. The van der Waals surface area contributed by atoms with E-state index in [2.05, 4.69) is 36.6 Å². The second-order valence-corrected chi connectivity index (χ2v) is 2.49. The molecule has 52 valence electrons. The van der Waals surface area contributed by atoms with Gasteiger partial charge in [0.05, 0.1) is 0 Å². The zero-order valence-electron chi connectivity index (χ0n) is 4.07. The average Bonchev–Trinajstić information content (AvgIpc) is 1.87. The lowest BCUT2D eigenvalue weighted by Crippen LogP contribution is -1.76. The van der Waals surface area contributed by atoms with Crippen LogP contribution in [-0.2, 0) is 4.74 Å². The number of halogens is 4. The Bertz CT molecular complexity index is 128. The Kier molecular flexibility index (Phi) is 4.99. The molecular weight excluding hydrogens is 262 g/mol. The quantitative estimate of drug-likeness (QED) is 0.695. The lowest BCUT2D eigenvalue weighted by molar-refractivity contribution is 0.361. The third-order valence-corrected chi connectivity index (χ3v) is 1.04. The van der Waals surface area contributed by atoms with E-state index in [1.54, 1.807) is 0 Å². The monoisotopic (exact) mass is 262 g/mol. The molecule has 0 saturated heterocycles. The van der Waals surface area contributed by atoms with E-state index in [0.717, 1.165) is 0 Å². The maximum atomic E-state index is 11.4. The Hall–Kier alpha value is 0.1000. The molecule has 0 aromatic rings. The van der Waals surface area contributed by atoms with Crippen molar-refractivity contribution in [3.05, 3.63) is 22.0 Å². The standard InChI is InChI=1S/C4H2Br2F2O/c5-3(1-7)9-4(6)2-8/h1-2H/b3-1+,4-2+. The van der Waals surface area contributed by atoms with Crippen molar-refractivity contribution in [3.63, 3.8) is 0 Å². The summed E-state index contributed by atoms with van der Waals surface area (Å²) in [6.45, 7) is 0. The Morgan fingerprint density at radius 1 is 1.11 bits per heavy atom. The van der Waals surface area contributed by atoms with Crippen LogP contribution in [0.5, 0.6) is 0 Å². The van der Waals surface area contributed by atoms with Crippen molar-refractivity contribution in [2.45, 2.75) is 0 Å². The smallest absolute Gasteiger partial charge is 0.198 e. The second kappa shape index (κ2) is 4.93. The molecule has 0 bridgehead atoms. The number of hydrogen-bond acceptors (Lipinski definition) is 1. The first-order valence-electron chi connectivity index (χ1n) is 1.80. The summed E-state index contributed by atoms with van der Waals surface area (Å²) in [6, 6.07) is 0. The summed E-state index contributed by atoms with van der Waals surface area (Å²) < 4.78 is 26.7. The van der Waals surface area contributed by atoms with Crippen LogP contribution in [0.25, 0.3) is 0 Å². The minimum atomic E-state index is -0.191. The van der Waals surface area contributed by atoms with E-state index in [1.165, 1.54) is 0 Å². The van der Waals surface area contributed by atoms with E-state index in [4.69, 9.17) is 0 Å². The molecule has 0 aromatic heterocycles. The van der Waals surface area contributed by atoms with Crippen molar-refractivity contribution < 1.29 is 13.5 Å². The Morgan fingerprint density at radius 3 is 1.67 bits per heavy atom. The van der Waals surface area contributed by atoms with Crippen LogP contribution in [0.3, 0.4) is 0 Å². The van der Waals surface area contributed by atoms with E-state index in [-0.39, 0.29) is 22.0 Å². The normalized spacial score (nSPS) is 13.8. The summed E-state index contributed by atoms with van der Waals surface area (Å²) in [5.41, 5.74) is 0. The fourth-order valence-corrected chi connectivity index (χ4v) is 0.704. The maximum absolute atomic E-state index is 11.4. The van der Waals surface area contributed by atoms with Crippen LogP contribution in [0.1, 0.15) is 0 Å². The summed E-state index contributed by atoms with van der Waals surface area (Å²) >= 11 is 5.29. The predicted octanol–water partition coefficient (Wildman–Crippen LogP) is 3.33. The molecule has 1 nitrogen and oxygen atoms in total. The van der Waals surface area contributed by atoms with Gasteiger partial charge in [-0.1, -0.05) is 0 Å². The Balaban J connectivity index is 3.75. The summed E-state index contributed by atoms with van der Waals surface area (Å²) in [5, 5.41) is 0. The third-order valence-electron chi connectivity index (χ3n) is 0.367. The van der Waals surface area contributed by atoms with Crippen LogP contribution in [0.4, 0.5) is 8.78 Å². The molecule has 0 saturated carbocycles. The third kappa shape index (κ3) is 4.59. The summed E-state index contributed by atoms with van der Waals surface area (Å²) in [6.07, 6.45) is 0.315. The highest BCUT2D eigenvalue weighted by atomic mass is 79.9. The van der Waals surface area contributed by atoms with Gasteiger partial charge in [0, 0.05) is 0 Å². The summed E-state index contributed by atoms with van der Waals surface area (Å²) in [4.78, 5) is 0. The van der Waals surface area contributed by atoms with Crippen molar-refractivity contribution in [1.82, 2.24) is 0 Å². The SMILES string of the molecule is F/C=C(\Br)O/C(Br)=C/F. The number of hydrogen-bond donors (Lipinski definition) is 0. The molecule has 0 aliphatic rings. The van der Waals surface area contributed by atoms with Crippen molar-refractivity contribution in [2.24, 2.45) is 0 Å². The molecule has 0 aliphatic heterocycles. The van der Waals surface area contributed by atoms with Gasteiger partial charge < -0.3 is 4.74 Å². The molecule has 0 N–H and O–H groups in total. The van der Waals surface area contributed by atoms with E-state index < -0.39 is 0 Å². The van der Waals surface area contributed by atoms with E-state index >= 15 is 0 Å². The van der Waals surface area contributed by atoms with Gasteiger partial charge in [0.1, 0.15) is 12.7 Å². The molecule has 9 heavy (non-hydrogen) atoms. The van der Waals surface area contributed by atoms with Gasteiger partial charge in [-0.2, -0.15) is 0 Å². The molecule has 0 fully saturated rings. The maximum Gasteiger partial charge on any atom is 0.198 e. The molecular formula is C4H2Br2F2O. The van der Waals surface area contributed by atoms with Gasteiger partial charge in [0.25, 0.3) is 0 Å². The van der Waals surface area contributed by atoms with Crippen LogP contribution >= 0.6 is 31.9 Å². The van der Waals surface area contributed by atoms with E-state index in [1.807, 2.05) is 0 Å². The highest BCUT2D eigenvalue weighted by Crippen LogP contribution is 2.17. The Morgan fingerprint density at radius 2 is 1.44 bits per heavy atom. The molecule has 5 heteroatoms. The fourth-order valence-electron chi connectivity index (χ4n) is 0.138. The molecule has 0 atom stereocenters. The molecule has 0 rings (SSSR count). The topological polar surface area (TPSA) is 9.23 Å². The summed E-state index contributed by atoms with van der Waals surface area (Å²) in [7, 11) is 0. The predicted molar refractivity (Wildman–Crippen MR) is 37.3 cm³/mol.